The highest BCUT2D eigenvalue weighted by Gasteiger charge is 2.46. The van der Waals surface area contributed by atoms with E-state index in [1.807, 2.05) is 6.92 Å². The maximum absolute atomic E-state index is 12.2. The second-order valence-corrected chi connectivity index (χ2v) is 5.62. The highest BCUT2D eigenvalue weighted by Crippen LogP contribution is 2.31. The summed E-state index contributed by atoms with van der Waals surface area (Å²) in [4.78, 5) is 29.5. The second-order valence-electron chi connectivity index (χ2n) is 4.38. The fraction of sp³-hybridized carbons (Fsp3) is 0.545. The first-order valence-electron chi connectivity index (χ1n) is 5.43. The summed E-state index contributed by atoms with van der Waals surface area (Å²) in [5.41, 5.74) is -1.07. The van der Waals surface area contributed by atoms with Gasteiger partial charge in [0, 0.05) is 6.54 Å². The van der Waals surface area contributed by atoms with Crippen LogP contribution in [-0.4, -0.2) is 39.0 Å². The van der Waals surface area contributed by atoms with Crippen molar-refractivity contribution in [3.63, 3.8) is 0 Å². The van der Waals surface area contributed by atoms with Crippen molar-refractivity contribution in [2.24, 2.45) is 0 Å². The quantitative estimate of drug-likeness (QED) is 0.869. The molecule has 0 spiro atoms. The van der Waals surface area contributed by atoms with E-state index in [0.29, 0.717) is 17.8 Å². The molecule has 0 radical (unpaired) electrons. The molecule has 1 saturated heterocycles. The smallest absolute Gasteiger partial charge is 0.329 e. The first-order chi connectivity index (χ1) is 7.95. The zero-order valence-corrected chi connectivity index (χ0v) is 10.6. The van der Waals surface area contributed by atoms with Gasteiger partial charge in [0.2, 0.25) is 0 Å². The molecule has 1 fully saturated rings. The Labute approximate surface area is 103 Å². The third kappa shape index (κ3) is 1.93. The largest absolute Gasteiger partial charge is 0.480 e. The number of nitrogens with zero attached hydrogens (tertiary/aromatic N) is 2. The molecule has 5 nitrogen and oxygen atoms in total. The number of carboxylic acids is 1. The summed E-state index contributed by atoms with van der Waals surface area (Å²) in [7, 11) is 0. The Morgan fingerprint density at radius 3 is 2.82 bits per heavy atom. The Morgan fingerprint density at radius 2 is 2.29 bits per heavy atom. The van der Waals surface area contributed by atoms with Gasteiger partial charge in [-0.1, -0.05) is 0 Å². The molecule has 2 heterocycles. The van der Waals surface area contributed by atoms with E-state index in [-0.39, 0.29) is 5.91 Å². The van der Waals surface area contributed by atoms with Crippen LogP contribution in [0.15, 0.2) is 6.20 Å². The SMILES string of the molecule is Cc1ncc(C(=O)N2CCCC2(C)C(=O)O)s1. The Kier molecular flexibility index (Phi) is 2.91. The van der Waals surface area contributed by atoms with Crippen LogP contribution in [-0.2, 0) is 4.79 Å². The van der Waals surface area contributed by atoms with E-state index in [1.54, 1.807) is 6.92 Å². The molecular weight excluding hydrogens is 240 g/mol. The Bertz CT molecular complexity index is 471. The molecule has 0 saturated carbocycles. The van der Waals surface area contributed by atoms with Gasteiger partial charge in [-0.25, -0.2) is 9.78 Å². The first-order valence-corrected chi connectivity index (χ1v) is 6.24. The third-order valence-electron chi connectivity index (χ3n) is 3.18. The zero-order chi connectivity index (χ0) is 12.6. The minimum atomic E-state index is -1.07. The van der Waals surface area contributed by atoms with Crippen LogP contribution in [0.2, 0.25) is 0 Å². The number of aromatic nitrogens is 1. The minimum Gasteiger partial charge on any atom is -0.480 e. The van der Waals surface area contributed by atoms with Gasteiger partial charge in [-0.15, -0.1) is 11.3 Å². The van der Waals surface area contributed by atoms with Crippen molar-refractivity contribution in [1.29, 1.82) is 0 Å². The van der Waals surface area contributed by atoms with Gasteiger partial charge in [-0.05, 0) is 26.7 Å². The topological polar surface area (TPSA) is 70.5 Å². The molecule has 6 heteroatoms. The lowest BCUT2D eigenvalue weighted by atomic mass is 9.99. The molecule has 1 N–H and O–H groups in total. The van der Waals surface area contributed by atoms with E-state index in [9.17, 15) is 14.7 Å². The molecule has 92 valence electrons. The second kappa shape index (κ2) is 4.10. The number of thiazole rings is 1. The summed E-state index contributed by atoms with van der Waals surface area (Å²) >= 11 is 1.30. The normalized spacial score (nSPS) is 24.0. The van der Waals surface area contributed by atoms with Crippen LogP contribution in [0.5, 0.6) is 0 Å². The van der Waals surface area contributed by atoms with Gasteiger partial charge in [0.1, 0.15) is 10.4 Å². The number of carboxylic acid groups (broad SMARTS) is 1. The summed E-state index contributed by atoms with van der Waals surface area (Å²) in [6, 6.07) is 0. The summed E-state index contributed by atoms with van der Waals surface area (Å²) in [6.07, 6.45) is 2.75. The summed E-state index contributed by atoms with van der Waals surface area (Å²) in [5.74, 6) is -1.16. The predicted molar refractivity (Wildman–Crippen MR) is 63.2 cm³/mol. The Hall–Kier alpha value is -1.43. The molecule has 1 aliphatic heterocycles. The minimum absolute atomic E-state index is 0.224. The maximum Gasteiger partial charge on any atom is 0.329 e. The Balaban J connectivity index is 2.28. The van der Waals surface area contributed by atoms with E-state index in [0.717, 1.165) is 11.4 Å². The van der Waals surface area contributed by atoms with Crippen molar-refractivity contribution in [3.05, 3.63) is 16.1 Å². The molecule has 1 unspecified atom stereocenters. The van der Waals surface area contributed by atoms with E-state index in [2.05, 4.69) is 4.98 Å². The number of aryl methyl sites for hydroxylation is 1. The molecule has 17 heavy (non-hydrogen) atoms. The van der Waals surface area contributed by atoms with Gasteiger partial charge in [0.05, 0.1) is 11.2 Å². The lowest BCUT2D eigenvalue weighted by Gasteiger charge is -2.30. The lowest BCUT2D eigenvalue weighted by Crippen LogP contribution is -2.50. The highest BCUT2D eigenvalue weighted by atomic mass is 32.1. The van der Waals surface area contributed by atoms with Crippen LogP contribution in [0.3, 0.4) is 0 Å². The van der Waals surface area contributed by atoms with Crippen LogP contribution < -0.4 is 0 Å². The fourth-order valence-corrected chi connectivity index (χ4v) is 2.83. The fourth-order valence-electron chi connectivity index (χ4n) is 2.10. The van der Waals surface area contributed by atoms with Crippen molar-refractivity contribution >= 4 is 23.2 Å². The van der Waals surface area contributed by atoms with Gasteiger partial charge in [-0.2, -0.15) is 0 Å². The number of carbonyl (C=O) groups excluding carboxylic acids is 1. The highest BCUT2D eigenvalue weighted by molar-refractivity contribution is 7.13. The summed E-state index contributed by atoms with van der Waals surface area (Å²) in [6.45, 7) is 3.93. The zero-order valence-electron chi connectivity index (χ0n) is 9.77. The van der Waals surface area contributed by atoms with Crippen LogP contribution in [0.1, 0.15) is 34.4 Å². The Morgan fingerprint density at radius 1 is 1.59 bits per heavy atom. The van der Waals surface area contributed by atoms with Crippen LogP contribution in [0.25, 0.3) is 0 Å². The number of aliphatic carboxylic acids is 1. The van der Waals surface area contributed by atoms with Gasteiger partial charge < -0.3 is 10.0 Å². The predicted octanol–water partition coefficient (Wildman–Crippen LogP) is 1.53. The van der Waals surface area contributed by atoms with Gasteiger partial charge >= 0.3 is 5.97 Å². The number of likely N-dealkylation sites (tertiary alicyclic amines) is 1. The van der Waals surface area contributed by atoms with Crippen LogP contribution >= 0.6 is 11.3 Å². The average molecular weight is 254 g/mol. The molecule has 1 aliphatic rings. The number of carbonyl (C=O) groups is 2. The third-order valence-corrected chi connectivity index (χ3v) is 4.08. The molecular formula is C11H14N2O3S. The molecule has 0 bridgehead atoms. The molecule has 0 aromatic carbocycles. The molecule has 1 amide bonds. The van der Waals surface area contributed by atoms with Crippen LogP contribution in [0.4, 0.5) is 0 Å². The number of rotatable bonds is 2. The average Bonchev–Trinajstić information content (AvgIpc) is 2.85. The molecule has 0 aliphatic carbocycles. The monoisotopic (exact) mass is 254 g/mol. The van der Waals surface area contributed by atoms with E-state index < -0.39 is 11.5 Å². The molecule has 1 aromatic heterocycles. The van der Waals surface area contributed by atoms with E-state index >= 15 is 0 Å². The first kappa shape index (κ1) is 12.0. The molecule has 1 atom stereocenters. The number of hydrogen-bond acceptors (Lipinski definition) is 4. The summed E-state index contributed by atoms with van der Waals surface area (Å²) in [5, 5.41) is 10.0. The van der Waals surface area contributed by atoms with Crippen molar-refractivity contribution < 1.29 is 14.7 Å². The van der Waals surface area contributed by atoms with Crippen molar-refractivity contribution in [1.82, 2.24) is 9.88 Å². The van der Waals surface area contributed by atoms with Crippen LogP contribution in [0, 0.1) is 6.92 Å². The lowest BCUT2D eigenvalue weighted by molar-refractivity contribution is -0.147. The summed E-state index contributed by atoms with van der Waals surface area (Å²) < 4.78 is 0. The van der Waals surface area contributed by atoms with Crippen molar-refractivity contribution in [2.45, 2.75) is 32.2 Å². The maximum atomic E-state index is 12.2. The van der Waals surface area contributed by atoms with Gasteiger partial charge in [0.15, 0.2) is 0 Å². The molecule has 2 rings (SSSR count). The van der Waals surface area contributed by atoms with E-state index in [1.165, 1.54) is 22.4 Å². The number of amides is 1. The number of hydrogen-bond donors (Lipinski definition) is 1. The standard InChI is InChI=1S/C11H14N2O3S/c1-7-12-6-8(17-7)9(14)13-5-3-4-11(13,2)10(15)16/h6H,3-5H2,1-2H3,(H,15,16). The van der Waals surface area contributed by atoms with Crippen molar-refractivity contribution in [2.75, 3.05) is 6.54 Å². The molecule has 1 aromatic rings. The van der Waals surface area contributed by atoms with Crippen molar-refractivity contribution in [3.8, 4) is 0 Å². The van der Waals surface area contributed by atoms with E-state index in [4.69, 9.17) is 0 Å². The van der Waals surface area contributed by atoms with Gasteiger partial charge in [0.25, 0.3) is 5.91 Å². The van der Waals surface area contributed by atoms with Gasteiger partial charge in [-0.3, -0.25) is 4.79 Å².